The molecule has 0 saturated carbocycles. The van der Waals surface area contributed by atoms with Gasteiger partial charge in [-0.2, -0.15) is 4.98 Å². The van der Waals surface area contributed by atoms with Crippen LogP contribution in [0.15, 0.2) is 225 Å². The van der Waals surface area contributed by atoms with Crippen molar-refractivity contribution in [3.8, 4) is 62.6 Å². The number of aromatic nitrogens is 9. The van der Waals surface area contributed by atoms with Crippen molar-refractivity contribution >= 4 is 65.5 Å². The highest BCUT2D eigenvalue weighted by molar-refractivity contribution is 6.13. The summed E-state index contributed by atoms with van der Waals surface area (Å²) in [6.07, 6.45) is 3.46. The van der Waals surface area contributed by atoms with Crippen molar-refractivity contribution < 1.29 is 0 Å². The third-order valence-electron chi connectivity index (χ3n) is 13.3. The van der Waals surface area contributed by atoms with Crippen molar-refractivity contribution in [1.29, 1.82) is 0 Å². The summed E-state index contributed by atoms with van der Waals surface area (Å²) in [6.45, 7) is 0. The predicted octanol–water partition coefficient (Wildman–Crippen LogP) is 14.0. The predicted molar refractivity (Wildman–Crippen MR) is 278 cm³/mol. The normalized spacial score (nSPS) is 11.8. The Bertz CT molecular complexity index is 4250. The minimum Gasteiger partial charge on any atom is -0.308 e. The highest BCUT2D eigenvalue weighted by Gasteiger charge is 2.21. The Kier molecular flexibility index (Phi) is 8.68. The van der Waals surface area contributed by atoms with E-state index in [1.165, 1.54) is 0 Å². The minimum absolute atomic E-state index is 0.543. The number of pyridine rings is 1. The van der Waals surface area contributed by atoms with E-state index in [1.807, 2.05) is 54.7 Å². The second-order valence-corrected chi connectivity index (χ2v) is 17.2. The molecule has 0 aliphatic carbocycles. The molecule has 0 unspecified atom stereocenters. The van der Waals surface area contributed by atoms with E-state index in [1.54, 1.807) is 6.33 Å². The molecule has 6 heterocycles. The van der Waals surface area contributed by atoms with Gasteiger partial charge in [-0.1, -0.05) is 133 Å². The molecule has 322 valence electrons. The SMILES string of the molecule is c1ccc(-c2cc(-n3c4ccccc4c4cc(-c5ccc6c7ccccc7n(-c7ncnc(-c8ccc9c(c8)c8ncccc8n9-c8ccccc8)n7)c6c5)ccc43)nc(-c3ccccc3)n2)cc1. The molecule has 0 bridgehead atoms. The number of para-hydroxylation sites is 3. The first-order chi connectivity index (χ1) is 34.2. The van der Waals surface area contributed by atoms with Crippen LogP contribution in [0.5, 0.6) is 0 Å². The van der Waals surface area contributed by atoms with Crippen LogP contribution in [-0.4, -0.2) is 43.6 Å². The van der Waals surface area contributed by atoms with E-state index in [9.17, 15) is 0 Å². The van der Waals surface area contributed by atoms with Gasteiger partial charge in [0.15, 0.2) is 11.6 Å². The van der Waals surface area contributed by atoms with Gasteiger partial charge in [0.2, 0.25) is 5.95 Å². The van der Waals surface area contributed by atoms with Crippen LogP contribution in [0.4, 0.5) is 0 Å². The maximum absolute atomic E-state index is 5.24. The first-order valence-electron chi connectivity index (χ1n) is 22.9. The van der Waals surface area contributed by atoms with E-state index < -0.39 is 0 Å². The first-order valence-corrected chi connectivity index (χ1v) is 22.9. The molecule has 0 atom stereocenters. The van der Waals surface area contributed by atoms with E-state index in [0.717, 1.165) is 111 Å². The molecule has 8 aromatic carbocycles. The third kappa shape index (κ3) is 6.25. The van der Waals surface area contributed by atoms with Crippen LogP contribution in [0.3, 0.4) is 0 Å². The largest absolute Gasteiger partial charge is 0.308 e. The Morgan fingerprint density at radius 1 is 0.304 bits per heavy atom. The highest BCUT2D eigenvalue weighted by atomic mass is 15.2. The van der Waals surface area contributed by atoms with Gasteiger partial charge < -0.3 is 4.57 Å². The molecule has 6 aromatic heterocycles. The summed E-state index contributed by atoms with van der Waals surface area (Å²) < 4.78 is 6.69. The summed E-state index contributed by atoms with van der Waals surface area (Å²) in [5, 5.41) is 5.53. The fourth-order valence-corrected chi connectivity index (χ4v) is 10.2. The standard InChI is InChI=1S/C60H37N9/c1-4-15-38(16-5-1)49-36-56(65-59(64-49)39-17-6-2-7-18-39)68-50-23-12-11-22-45(50)47-33-40(27-30-52(47)68)41-26-29-46-44-21-10-13-24-51(44)69(55(46)35-41)60-63-37-62-58(66-60)42-28-31-53-48(34-42)57-54(25-14-32-61-57)67(53)43-19-8-3-9-20-43/h1-37H. The van der Waals surface area contributed by atoms with Crippen molar-refractivity contribution in [3.63, 3.8) is 0 Å². The van der Waals surface area contributed by atoms with Crippen molar-refractivity contribution in [1.82, 2.24) is 43.6 Å². The molecule has 0 spiro atoms. The molecule has 9 nitrogen and oxygen atoms in total. The Morgan fingerprint density at radius 3 is 1.70 bits per heavy atom. The maximum Gasteiger partial charge on any atom is 0.238 e. The second kappa shape index (κ2) is 15.5. The Balaban J connectivity index is 0.904. The molecular formula is C60H37N9. The molecular weight excluding hydrogens is 847 g/mol. The quantitative estimate of drug-likeness (QED) is 0.158. The summed E-state index contributed by atoms with van der Waals surface area (Å²) >= 11 is 0. The number of hydrogen-bond acceptors (Lipinski definition) is 6. The lowest BCUT2D eigenvalue weighted by Crippen LogP contribution is -2.03. The van der Waals surface area contributed by atoms with Gasteiger partial charge in [0.25, 0.3) is 0 Å². The Morgan fingerprint density at radius 2 is 0.899 bits per heavy atom. The minimum atomic E-state index is 0.543. The lowest BCUT2D eigenvalue weighted by Gasteiger charge is -2.12. The number of benzene rings is 8. The average molecular weight is 884 g/mol. The lowest BCUT2D eigenvalue weighted by atomic mass is 10.0. The first kappa shape index (κ1) is 38.6. The van der Waals surface area contributed by atoms with Crippen LogP contribution in [-0.2, 0) is 0 Å². The maximum atomic E-state index is 5.24. The van der Waals surface area contributed by atoms with Crippen LogP contribution < -0.4 is 0 Å². The van der Waals surface area contributed by atoms with Crippen molar-refractivity contribution in [2.75, 3.05) is 0 Å². The lowest BCUT2D eigenvalue weighted by molar-refractivity contribution is 0.947. The molecule has 14 rings (SSSR count). The van der Waals surface area contributed by atoms with Crippen molar-refractivity contribution in [2.24, 2.45) is 0 Å². The van der Waals surface area contributed by atoms with E-state index in [-0.39, 0.29) is 0 Å². The number of rotatable bonds is 7. The van der Waals surface area contributed by atoms with Gasteiger partial charge in [-0.3, -0.25) is 14.1 Å². The zero-order valence-corrected chi connectivity index (χ0v) is 36.9. The van der Waals surface area contributed by atoms with Gasteiger partial charge >= 0.3 is 0 Å². The molecule has 9 heteroatoms. The van der Waals surface area contributed by atoms with E-state index >= 15 is 0 Å². The number of hydrogen-bond donors (Lipinski definition) is 0. The summed E-state index contributed by atoms with van der Waals surface area (Å²) in [7, 11) is 0. The van der Waals surface area contributed by atoms with Crippen molar-refractivity contribution in [2.45, 2.75) is 0 Å². The van der Waals surface area contributed by atoms with E-state index in [4.69, 9.17) is 29.9 Å². The highest BCUT2D eigenvalue weighted by Crippen LogP contribution is 2.39. The molecule has 0 aliphatic rings. The molecule has 0 fully saturated rings. The summed E-state index contributed by atoms with van der Waals surface area (Å²) in [5.41, 5.74) is 14.2. The number of fused-ring (bicyclic) bond motifs is 9. The van der Waals surface area contributed by atoms with E-state index in [2.05, 4.69) is 177 Å². The Hall–Kier alpha value is -9.60. The summed E-state index contributed by atoms with van der Waals surface area (Å²) in [5.74, 6) is 2.60. The van der Waals surface area contributed by atoms with Crippen LogP contribution in [0.1, 0.15) is 0 Å². The Labute approximate surface area is 394 Å². The van der Waals surface area contributed by atoms with Crippen LogP contribution in [0, 0.1) is 0 Å². The third-order valence-corrected chi connectivity index (χ3v) is 13.3. The molecule has 0 N–H and O–H groups in total. The zero-order chi connectivity index (χ0) is 45.4. The smallest absolute Gasteiger partial charge is 0.238 e. The average Bonchev–Trinajstić information content (AvgIpc) is 4.06. The van der Waals surface area contributed by atoms with Crippen LogP contribution in [0.25, 0.3) is 128 Å². The van der Waals surface area contributed by atoms with Gasteiger partial charge in [-0.25, -0.2) is 19.9 Å². The molecule has 69 heavy (non-hydrogen) atoms. The van der Waals surface area contributed by atoms with E-state index in [0.29, 0.717) is 17.6 Å². The van der Waals surface area contributed by atoms with Gasteiger partial charge in [0.1, 0.15) is 12.1 Å². The summed E-state index contributed by atoms with van der Waals surface area (Å²) in [4.78, 5) is 29.9. The molecule has 0 saturated heterocycles. The fraction of sp³-hybridized carbons (Fsp3) is 0. The molecule has 14 aromatic rings. The second-order valence-electron chi connectivity index (χ2n) is 17.2. The van der Waals surface area contributed by atoms with Gasteiger partial charge in [0, 0.05) is 61.6 Å². The topological polar surface area (TPSA) is 92.1 Å². The molecule has 0 amide bonds. The fourth-order valence-electron chi connectivity index (χ4n) is 10.2. The number of nitrogens with zero attached hydrogens (tertiary/aromatic N) is 9. The monoisotopic (exact) mass is 883 g/mol. The molecule has 0 aliphatic heterocycles. The van der Waals surface area contributed by atoms with Crippen LogP contribution in [0.2, 0.25) is 0 Å². The van der Waals surface area contributed by atoms with Gasteiger partial charge in [-0.05, 0) is 83.9 Å². The van der Waals surface area contributed by atoms with Gasteiger partial charge in [0.05, 0.1) is 44.3 Å². The molecule has 0 radical (unpaired) electrons. The van der Waals surface area contributed by atoms with Crippen molar-refractivity contribution in [3.05, 3.63) is 225 Å². The van der Waals surface area contributed by atoms with Crippen LogP contribution >= 0.6 is 0 Å². The summed E-state index contributed by atoms with van der Waals surface area (Å²) in [6, 6.07) is 74.0. The zero-order valence-electron chi connectivity index (χ0n) is 36.9. The van der Waals surface area contributed by atoms with Gasteiger partial charge in [-0.15, -0.1) is 0 Å².